The van der Waals surface area contributed by atoms with E-state index in [1.54, 1.807) is 18.2 Å². The molecule has 10 heteroatoms. The summed E-state index contributed by atoms with van der Waals surface area (Å²) >= 11 is 1.49. The first kappa shape index (κ1) is 21.7. The second kappa shape index (κ2) is 8.54. The van der Waals surface area contributed by atoms with Gasteiger partial charge in [0.2, 0.25) is 10.0 Å². The molecule has 2 atom stereocenters. The highest BCUT2D eigenvalue weighted by atomic mass is 32.2. The molecule has 1 aromatic carbocycles. The van der Waals surface area contributed by atoms with Crippen LogP contribution < -0.4 is 0 Å². The summed E-state index contributed by atoms with van der Waals surface area (Å²) in [6.07, 6.45) is -0.973. The Morgan fingerprint density at radius 2 is 2.10 bits per heavy atom. The number of hydrogen-bond donors (Lipinski definition) is 1. The molecule has 1 aliphatic heterocycles. The van der Waals surface area contributed by atoms with Crippen LogP contribution in [0.1, 0.15) is 23.2 Å². The Hall–Kier alpha value is -2.53. The molecule has 0 spiro atoms. The zero-order valence-corrected chi connectivity index (χ0v) is 18.6. The molecule has 3 heterocycles. The molecule has 164 valence electrons. The number of rotatable bonds is 6. The molecule has 1 N–H and O–H groups in total. The fourth-order valence-corrected chi connectivity index (χ4v) is 5.82. The van der Waals surface area contributed by atoms with Gasteiger partial charge in [0.25, 0.3) is 0 Å². The molecule has 1 saturated heterocycles. The van der Waals surface area contributed by atoms with Gasteiger partial charge in [0.05, 0.1) is 15.9 Å². The van der Waals surface area contributed by atoms with Crippen molar-refractivity contribution < 1.29 is 27.6 Å². The van der Waals surface area contributed by atoms with Crippen molar-refractivity contribution in [1.82, 2.24) is 9.46 Å². The zero-order valence-electron chi connectivity index (χ0n) is 17.0. The number of ether oxygens (including phenoxy) is 1. The zero-order chi connectivity index (χ0) is 22.2. The van der Waals surface area contributed by atoms with Gasteiger partial charge in [-0.05, 0) is 48.6 Å². The maximum absolute atomic E-state index is 13.1. The number of nitrogens with zero attached hydrogens (tertiary/aromatic N) is 2. The van der Waals surface area contributed by atoms with Gasteiger partial charge in [-0.15, -0.1) is 11.3 Å². The van der Waals surface area contributed by atoms with Crippen molar-refractivity contribution in [3.05, 3.63) is 58.6 Å². The Labute approximate surface area is 184 Å². The van der Waals surface area contributed by atoms with E-state index in [1.165, 1.54) is 17.4 Å². The molecular formula is C21H22N2O6S2. The van der Waals surface area contributed by atoms with Crippen LogP contribution in [0, 0.1) is 13.8 Å². The number of aryl methyl sites for hydroxylation is 2. The molecule has 3 aromatic rings. The molecule has 1 aliphatic rings. The lowest BCUT2D eigenvalue weighted by atomic mass is 10.1. The second-order valence-corrected chi connectivity index (χ2v) is 10.3. The molecule has 31 heavy (non-hydrogen) atoms. The smallest absolute Gasteiger partial charge is 0.324 e. The van der Waals surface area contributed by atoms with Crippen LogP contribution >= 0.6 is 11.3 Å². The van der Waals surface area contributed by atoms with E-state index >= 15 is 0 Å². The van der Waals surface area contributed by atoms with E-state index in [9.17, 15) is 18.3 Å². The summed E-state index contributed by atoms with van der Waals surface area (Å²) in [5.74, 6) is -0.166. The van der Waals surface area contributed by atoms with Gasteiger partial charge in [0.1, 0.15) is 18.3 Å². The molecule has 8 nitrogen and oxygen atoms in total. The van der Waals surface area contributed by atoms with E-state index in [0.29, 0.717) is 11.5 Å². The highest BCUT2D eigenvalue weighted by Crippen LogP contribution is 2.29. The largest absolute Gasteiger partial charge is 0.458 e. The number of aliphatic hydroxyl groups excluding tert-OH is 1. The van der Waals surface area contributed by atoms with E-state index in [1.807, 2.05) is 31.4 Å². The highest BCUT2D eigenvalue weighted by molar-refractivity contribution is 7.89. The minimum Gasteiger partial charge on any atom is -0.458 e. The molecule has 0 amide bonds. The van der Waals surface area contributed by atoms with Crippen LogP contribution in [0.3, 0.4) is 0 Å². The summed E-state index contributed by atoms with van der Waals surface area (Å²) < 4.78 is 37.9. The first-order chi connectivity index (χ1) is 14.8. The van der Waals surface area contributed by atoms with Crippen molar-refractivity contribution in [1.29, 1.82) is 0 Å². The van der Waals surface area contributed by atoms with Gasteiger partial charge in [-0.25, -0.2) is 8.42 Å². The van der Waals surface area contributed by atoms with E-state index in [4.69, 9.17) is 9.26 Å². The van der Waals surface area contributed by atoms with Gasteiger partial charge in [-0.3, -0.25) is 4.79 Å². The lowest BCUT2D eigenvalue weighted by Crippen LogP contribution is -2.41. The number of aromatic nitrogens is 1. The Morgan fingerprint density at radius 1 is 1.29 bits per heavy atom. The summed E-state index contributed by atoms with van der Waals surface area (Å²) in [6, 6.07) is 9.13. The summed E-state index contributed by atoms with van der Waals surface area (Å²) in [6.45, 7) is 3.39. The molecule has 0 bridgehead atoms. The van der Waals surface area contributed by atoms with Crippen molar-refractivity contribution in [2.45, 2.75) is 43.9 Å². The quantitative estimate of drug-likeness (QED) is 0.561. The molecule has 1 unspecified atom stereocenters. The minimum atomic E-state index is -3.97. The highest BCUT2D eigenvalue weighted by Gasteiger charge is 2.44. The summed E-state index contributed by atoms with van der Waals surface area (Å²) in [5, 5.41) is 15.9. The van der Waals surface area contributed by atoms with Crippen LogP contribution in [0.2, 0.25) is 0 Å². The monoisotopic (exact) mass is 462 g/mol. The Kier molecular flexibility index (Phi) is 5.98. The number of benzene rings is 1. The lowest BCUT2D eigenvalue weighted by Gasteiger charge is -2.22. The number of hydrogen-bond acceptors (Lipinski definition) is 8. The van der Waals surface area contributed by atoms with Crippen LogP contribution in [0.25, 0.3) is 10.6 Å². The third-order valence-electron chi connectivity index (χ3n) is 5.28. The number of thiophene rings is 1. The van der Waals surface area contributed by atoms with Crippen molar-refractivity contribution in [2.24, 2.45) is 0 Å². The number of aliphatic hydroxyl groups is 1. The van der Waals surface area contributed by atoms with Crippen molar-refractivity contribution in [3.63, 3.8) is 0 Å². The van der Waals surface area contributed by atoms with Gasteiger partial charge in [0.15, 0.2) is 5.76 Å². The van der Waals surface area contributed by atoms with Crippen LogP contribution in [0.15, 0.2) is 51.2 Å². The number of carbonyl (C=O) groups is 1. The normalized spacial score (nSPS) is 19.6. The summed E-state index contributed by atoms with van der Waals surface area (Å²) in [7, 11) is -3.97. The third kappa shape index (κ3) is 4.42. The Bertz CT molecular complexity index is 1190. The Morgan fingerprint density at radius 3 is 2.81 bits per heavy atom. The fourth-order valence-electron chi connectivity index (χ4n) is 3.43. The maximum Gasteiger partial charge on any atom is 0.324 e. The van der Waals surface area contributed by atoms with E-state index in [2.05, 4.69) is 5.16 Å². The standard InChI is InChI=1S/C21H22N2O6S2/c1-13-5-6-17(8-14(13)2)31(26,27)23-11-16(24)10-18(23)21(25)28-12-15-9-19(29-22-15)20-4-3-7-30-20/h3-9,16,18,24H,10-12H2,1-2H3/t16?,18-/m0/s1. The van der Waals surface area contributed by atoms with Gasteiger partial charge in [0, 0.05) is 19.0 Å². The van der Waals surface area contributed by atoms with E-state index < -0.39 is 28.1 Å². The predicted octanol–water partition coefficient (Wildman–Crippen LogP) is 2.89. The van der Waals surface area contributed by atoms with Crippen molar-refractivity contribution in [2.75, 3.05) is 6.54 Å². The fraction of sp³-hybridized carbons (Fsp3) is 0.333. The summed E-state index contributed by atoms with van der Waals surface area (Å²) in [5.41, 5.74) is 2.21. The van der Waals surface area contributed by atoms with Gasteiger partial charge < -0.3 is 14.4 Å². The minimum absolute atomic E-state index is 0.0256. The SMILES string of the molecule is Cc1ccc(S(=O)(=O)N2CC(O)C[C@H]2C(=O)OCc2cc(-c3cccs3)on2)cc1C. The van der Waals surface area contributed by atoms with Crippen LogP contribution in [-0.2, 0) is 26.2 Å². The first-order valence-corrected chi connectivity index (χ1v) is 12.0. The molecule has 0 saturated carbocycles. The maximum atomic E-state index is 13.1. The van der Waals surface area contributed by atoms with E-state index in [0.717, 1.165) is 20.3 Å². The van der Waals surface area contributed by atoms with Crippen LogP contribution in [-0.4, -0.2) is 47.6 Å². The van der Waals surface area contributed by atoms with Crippen LogP contribution in [0.4, 0.5) is 0 Å². The molecule has 4 rings (SSSR count). The average molecular weight is 463 g/mol. The molecule has 0 aliphatic carbocycles. The first-order valence-electron chi connectivity index (χ1n) is 9.69. The summed E-state index contributed by atoms with van der Waals surface area (Å²) in [4.78, 5) is 13.7. The van der Waals surface area contributed by atoms with Crippen molar-refractivity contribution in [3.8, 4) is 10.6 Å². The number of esters is 1. The lowest BCUT2D eigenvalue weighted by molar-refractivity contribution is -0.149. The molecular weight excluding hydrogens is 440 g/mol. The van der Waals surface area contributed by atoms with Gasteiger partial charge in [-0.1, -0.05) is 17.3 Å². The van der Waals surface area contributed by atoms with Gasteiger partial charge in [-0.2, -0.15) is 4.31 Å². The van der Waals surface area contributed by atoms with Crippen LogP contribution in [0.5, 0.6) is 0 Å². The number of β-amino-alcohol motifs (C(OH)–C–C–N with tert-alkyl or cyclic N) is 1. The Balaban J connectivity index is 1.48. The third-order valence-corrected chi connectivity index (χ3v) is 8.03. The number of carbonyl (C=O) groups excluding carboxylic acids is 1. The predicted molar refractivity (Wildman–Crippen MR) is 114 cm³/mol. The number of sulfonamides is 1. The molecule has 0 radical (unpaired) electrons. The van der Waals surface area contributed by atoms with Gasteiger partial charge >= 0.3 is 5.97 Å². The molecule has 2 aromatic heterocycles. The topological polar surface area (TPSA) is 110 Å². The second-order valence-electron chi connectivity index (χ2n) is 7.49. The average Bonchev–Trinajstić information content (AvgIpc) is 3.48. The molecule has 1 fully saturated rings. The van der Waals surface area contributed by atoms with E-state index in [-0.39, 0.29) is 24.5 Å². The van der Waals surface area contributed by atoms with Crippen molar-refractivity contribution >= 4 is 27.3 Å².